The Bertz CT molecular complexity index is 568. The molecule has 2 rings (SSSR count). The van der Waals surface area contributed by atoms with E-state index in [1.54, 1.807) is 0 Å². The normalized spacial score (nSPS) is 19.0. The third-order valence-electron chi connectivity index (χ3n) is 5.20. The van der Waals surface area contributed by atoms with Gasteiger partial charge in [0.15, 0.2) is 0 Å². The number of aliphatic hydroxyl groups is 1. The van der Waals surface area contributed by atoms with E-state index in [9.17, 15) is 9.90 Å². The average molecular weight is 319 g/mol. The predicted molar refractivity (Wildman–Crippen MR) is 91.4 cm³/mol. The van der Waals surface area contributed by atoms with Crippen molar-refractivity contribution in [1.29, 1.82) is 0 Å². The Morgan fingerprint density at radius 1 is 1.26 bits per heavy atom. The summed E-state index contributed by atoms with van der Waals surface area (Å²) in [5.74, 6) is -0.205. The van der Waals surface area contributed by atoms with Gasteiger partial charge in [0, 0.05) is 19.5 Å². The molecule has 0 aromatic heterocycles. The molecule has 128 valence electrons. The highest BCUT2D eigenvalue weighted by atomic mass is 16.4. The molecule has 1 saturated heterocycles. The van der Waals surface area contributed by atoms with Crippen molar-refractivity contribution in [3.8, 4) is 0 Å². The molecule has 1 heterocycles. The van der Waals surface area contributed by atoms with Crippen LogP contribution in [0.3, 0.4) is 0 Å². The van der Waals surface area contributed by atoms with E-state index in [4.69, 9.17) is 5.11 Å². The molecule has 1 fully saturated rings. The number of piperidine rings is 1. The van der Waals surface area contributed by atoms with Crippen LogP contribution >= 0.6 is 0 Å². The van der Waals surface area contributed by atoms with Crippen molar-refractivity contribution in [1.82, 2.24) is 4.90 Å². The summed E-state index contributed by atoms with van der Waals surface area (Å²) >= 11 is 0. The highest BCUT2D eigenvalue weighted by molar-refractivity contribution is 5.66. The fourth-order valence-corrected chi connectivity index (χ4v) is 3.84. The Morgan fingerprint density at radius 3 is 2.61 bits per heavy atom. The number of hydrogen-bond acceptors (Lipinski definition) is 3. The maximum atomic E-state index is 10.8. The van der Waals surface area contributed by atoms with Gasteiger partial charge in [0.2, 0.25) is 0 Å². The summed E-state index contributed by atoms with van der Waals surface area (Å²) in [7, 11) is 0. The van der Waals surface area contributed by atoms with E-state index in [-0.39, 0.29) is 13.0 Å². The number of aryl methyl sites for hydroxylation is 2. The molecule has 1 aromatic rings. The first kappa shape index (κ1) is 18.0. The topological polar surface area (TPSA) is 60.8 Å². The number of carboxylic acids is 1. The Labute approximate surface area is 139 Å². The van der Waals surface area contributed by atoms with Crippen LogP contribution in [0.5, 0.6) is 0 Å². The van der Waals surface area contributed by atoms with Gasteiger partial charge in [-0.05, 0) is 80.3 Å². The molecule has 0 saturated carbocycles. The molecule has 1 atom stereocenters. The van der Waals surface area contributed by atoms with Gasteiger partial charge in [0.1, 0.15) is 0 Å². The van der Waals surface area contributed by atoms with Crippen molar-refractivity contribution >= 4 is 5.97 Å². The number of carbonyl (C=O) groups is 1. The molecule has 4 heteroatoms. The van der Waals surface area contributed by atoms with Gasteiger partial charge in [-0.1, -0.05) is 6.07 Å². The number of aliphatic hydroxyl groups excluding tert-OH is 1. The fraction of sp³-hybridized carbons (Fsp3) is 0.632. The monoisotopic (exact) mass is 319 g/mol. The number of likely N-dealkylation sites (tertiary alicyclic amines) is 1. The molecule has 0 spiro atoms. The summed E-state index contributed by atoms with van der Waals surface area (Å²) in [5.41, 5.74) is 6.01. The lowest BCUT2D eigenvalue weighted by atomic mass is 9.90. The Hall–Kier alpha value is -1.39. The lowest BCUT2D eigenvalue weighted by molar-refractivity contribution is -0.137. The molecular formula is C19H29NO3. The van der Waals surface area contributed by atoms with Gasteiger partial charge in [-0.2, -0.15) is 0 Å². The first-order chi connectivity index (χ1) is 10.9. The van der Waals surface area contributed by atoms with Crippen LogP contribution in [0.4, 0.5) is 0 Å². The number of carboxylic acid groups (broad SMARTS) is 1. The van der Waals surface area contributed by atoms with E-state index in [1.165, 1.54) is 16.7 Å². The number of rotatable bonds is 6. The standard InChI is InChI=1S/C19H29NO3/c1-13-9-14(2)18(12-21)15(3)17(13)11-20-8-4-5-16(10-20)6-7-19(22)23/h9,16,21H,4-8,10-12H2,1-3H3,(H,22,23). The summed E-state index contributed by atoms with van der Waals surface area (Å²) in [4.78, 5) is 13.2. The van der Waals surface area contributed by atoms with Crippen LogP contribution in [0, 0.1) is 26.7 Å². The maximum Gasteiger partial charge on any atom is 0.303 e. The zero-order chi connectivity index (χ0) is 17.0. The van der Waals surface area contributed by atoms with E-state index in [2.05, 4.69) is 31.7 Å². The molecular weight excluding hydrogens is 290 g/mol. The molecule has 0 aliphatic carbocycles. The smallest absolute Gasteiger partial charge is 0.303 e. The van der Waals surface area contributed by atoms with Crippen molar-refractivity contribution in [2.45, 2.75) is 59.6 Å². The SMILES string of the molecule is Cc1cc(C)c(CN2CCCC(CCC(=O)O)C2)c(C)c1CO. The van der Waals surface area contributed by atoms with Crippen LogP contribution in [-0.4, -0.2) is 34.2 Å². The first-order valence-corrected chi connectivity index (χ1v) is 8.56. The third-order valence-corrected chi connectivity index (χ3v) is 5.20. The quantitative estimate of drug-likeness (QED) is 0.845. The van der Waals surface area contributed by atoms with E-state index in [0.29, 0.717) is 5.92 Å². The summed E-state index contributed by atoms with van der Waals surface area (Å²) in [6, 6.07) is 2.17. The molecule has 23 heavy (non-hydrogen) atoms. The molecule has 0 radical (unpaired) electrons. The van der Waals surface area contributed by atoms with Gasteiger partial charge in [-0.25, -0.2) is 0 Å². The van der Waals surface area contributed by atoms with Gasteiger partial charge in [0.25, 0.3) is 0 Å². The molecule has 1 aliphatic rings. The van der Waals surface area contributed by atoms with Crippen LogP contribution < -0.4 is 0 Å². The van der Waals surface area contributed by atoms with E-state index >= 15 is 0 Å². The number of nitrogens with zero attached hydrogens (tertiary/aromatic N) is 1. The molecule has 4 nitrogen and oxygen atoms in total. The Kier molecular flexibility index (Phi) is 6.19. The van der Waals surface area contributed by atoms with Gasteiger partial charge < -0.3 is 10.2 Å². The first-order valence-electron chi connectivity index (χ1n) is 8.56. The third kappa shape index (κ3) is 4.55. The van der Waals surface area contributed by atoms with Crippen LogP contribution in [-0.2, 0) is 17.9 Å². The molecule has 0 bridgehead atoms. The molecule has 1 aromatic carbocycles. The Morgan fingerprint density at radius 2 is 1.96 bits per heavy atom. The van der Waals surface area contributed by atoms with Gasteiger partial charge in [-0.15, -0.1) is 0 Å². The van der Waals surface area contributed by atoms with E-state index in [1.807, 2.05) is 0 Å². The predicted octanol–water partition coefficient (Wildman–Crippen LogP) is 3.18. The van der Waals surface area contributed by atoms with E-state index in [0.717, 1.165) is 50.0 Å². The van der Waals surface area contributed by atoms with Crippen LogP contribution in [0.2, 0.25) is 0 Å². The zero-order valence-electron chi connectivity index (χ0n) is 14.6. The molecule has 0 amide bonds. The number of aliphatic carboxylic acids is 1. The fourth-order valence-electron chi connectivity index (χ4n) is 3.84. The van der Waals surface area contributed by atoms with Crippen molar-refractivity contribution in [2.24, 2.45) is 5.92 Å². The number of benzene rings is 1. The van der Waals surface area contributed by atoms with Crippen LogP contribution in [0.25, 0.3) is 0 Å². The van der Waals surface area contributed by atoms with Crippen molar-refractivity contribution in [3.05, 3.63) is 33.9 Å². The lowest BCUT2D eigenvalue weighted by Crippen LogP contribution is -2.35. The largest absolute Gasteiger partial charge is 0.481 e. The number of hydrogen-bond donors (Lipinski definition) is 2. The minimum Gasteiger partial charge on any atom is -0.481 e. The molecule has 1 unspecified atom stereocenters. The van der Waals surface area contributed by atoms with Crippen LogP contribution in [0.15, 0.2) is 6.07 Å². The summed E-state index contributed by atoms with van der Waals surface area (Å²) < 4.78 is 0. The molecule has 2 N–H and O–H groups in total. The highest BCUT2D eigenvalue weighted by Gasteiger charge is 2.22. The average Bonchev–Trinajstić information content (AvgIpc) is 2.50. The second-order valence-electron chi connectivity index (χ2n) is 6.93. The highest BCUT2D eigenvalue weighted by Crippen LogP contribution is 2.27. The van der Waals surface area contributed by atoms with Crippen molar-refractivity contribution in [2.75, 3.05) is 13.1 Å². The molecule has 1 aliphatic heterocycles. The van der Waals surface area contributed by atoms with Crippen LogP contribution in [0.1, 0.15) is 53.5 Å². The summed E-state index contributed by atoms with van der Waals surface area (Å²) in [6.45, 7) is 9.34. The maximum absolute atomic E-state index is 10.8. The van der Waals surface area contributed by atoms with Gasteiger partial charge >= 0.3 is 5.97 Å². The summed E-state index contributed by atoms with van der Waals surface area (Å²) in [5, 5.41) is 18.5. The van der Waals surface area contributed by atoms with Crippen molar-refractivity contribution < 1.29 is 15.0 Å². The van der Waals surface area contributed by atoms with Crippen molar-refractivity contribution in [3.63, 3.8) is 0 Å². The lowest BCUT2D eigenvalue weighted by Gasteiger charge is -2.33. The second-order valence-corrected chi connectivity index (χ2v) is 6.93. The zero-order valence-corrected chi connectivity index (χ0v) is 14.6. The minimum absolute atomic E-state index is 0.0895. The Balaban J connectivity index is 2.08. The van der Waals surface area contributed by atoms with Gasteiger partial charge in [-0.3, -0.25) is 9.69 Å². The van der Waals surface area contributed by atoms with Gasteiger partial charge in [0.05, 0.1) is 6.61 Å². The second kappa shape index (κ2) is 7.93. The van der Waals surface area contributed by atoms with E-state index < -0.39 is 5.97 Å². The summed E-state index contributed by atoms with van der Waals surface area (Å²) in [6.07, 6.45) is 3.33. The minimum atomic E-state index is -0.695.